The van der Waals surface area contributed by atoms with Crippen LogP contribution in [0, 0.1) is 5.92 Å². The number of nitrogens with one attached hydrogen (secondary N) is 1. The summed E-state index contributed by atoms with van der Waals surface area (Å²) >= 11 is 0. The monoisotopic (exact) mass is 239 g/mol. The van der Waals surface area contributed by atoms with Gasteiger partial charge >= 0.3 is 6.03 Å². The summed E-state index contributed by atoms with van der Waals surface area (Å²) in [7, 11) is 0. The number of aliphatic hydroxyl groups excluding tert-OH is 2. The van der Waals surface area contributed by atoms with Crippen LogP contribution in [0.1, 0.15) is 32.1 Å². The molecule has 17 heavy (non-hydrogen) atoms. The number of aliphatic hydroxyl groups is 2. The van der Waals surface area contributed by atoms with Gasteiger partial charge in [-0.2, -0.15) is 5.10 Å². The Morgan fingerprint density at radius 2 is 2.18 bits per heavy atom. The van der Waals surface area contributed by atoms with Gasteiger partial charge in [-0.25, -0.2) is 10.2 Å². The molecule has 6 heteroatoms. The van der Waals surface area contributed by atoms with Crippen LogP contribution in [0.15, 0.2) is 16.4 Å². The second-order valence-corrected chi connectivity index (χ2v) is 4.51. The number of carbonyl (C=O) groups is 1. The highest BCUT2D eigenvalue weighted by Crippen LogP contribution is 2.38. The van der Waals surface area contributed by atoms with Crippen LogP contribution in [0.25, 0.3) is 0 Å². The quantitative estimate of drug-likeness (QED) is 0.534. The number of hydrogen-bond donors (Lipinski definition) is 4. The van der Waals surface area contributed by atoms with Crippen molar-refractivity contribution in [2.75, 3.05) is 0 Å². The fraction of sp³-hybridized carbons (Fsp3) is 0.636. The van der Waals surface area contributed by atoms with E-state index in [0.29, 0.717) is 18.6 Å². The minimum Gasteiger partial charge on any atom is -0.506 e. The fourth-order valence-electron chi connectivity index (χ4n) is 2.61. The Labute approximate surface area is 99.2 Å². The van der Waals surface area contributed by atoms with Crippen molar-refractivity contribution in [1.82, 2.24) is 5.43 Å². The number of carbonyl (C=O) groups excluding carboxylic acids is 1. The molecule has 2 rings (SSSR count). The highest BCUT2D eigenvalue weighted by molar-refractivity contribution is 6.01. The molecule has 0 bridgehead atoms. The van der Waals surface area contributed by atoms with Crippen molar-refractivity contribution >= 4 is 11.7 Å². The lowest BCUT2D eigenvalue weighted by molar-refractivity contribution is 0.145. The molecule has 0 radical (unpaired) electrons. The molecule has 0 aromatic rings. The normalized spacial score (nSPS) is 31.2. The molecule has 0 spiro atoms. The average molecular weight is 239 g/mol. The van der Waals surface area contributed by atoms with Crippen molar-refractivity contribution in [3.63, 3.8) is 0 Å². The van der Waals surface area contributed by atoms with Gasteiger partial charge in [0.1, 0.15) is 11.5 Å². The van der Waals surface area contributed by atoms with Gasteiger partial charge in [-0.05, 0) is 31.3 Å². The van der Waals surface area contributed by atoms with E-state index in [1.807, 2.05) is 0 Å². The summed E-state index contributed by atoms with van der Waals surface area (Å²) in [6.45, 7) is 0. The van der Waals surface area contributed by atoms with Crippen LogP contribution in [-0.4, -0.2) is 28.1 Å². The number of hydrazone groups is 1. The first kappa shape index (κ1) is 11.9. The van der Waals surface area contributed by atoms with Gasteiger partial charge in [0, 0.05) is 5.92 Å². The van der Waals surface area contributed by atoms with E-state index in [4.69, 9.17) is 5.73 Å². The highest BCUT2D eigenvalue weighted by atomic mass is 16.3. The third-order valence-corrected chi connectivity index (χ3v) is 3.44. The summed E-state index contributed by atoms with van der Waals surface area (Å²) in [6.07, 6.45) is 3.56. The van der Waals surface area contributed by atoms with E-state index in [2.05, 4.69) is 10.5 Å². The third kappa shape index (κ3) is 2.41. The van der Waals surface area contributed by atoms with Crippen molar-refractivity contribution in [3.05, 3.63) is 11.3 Å². The summed E-state index contributed by atoms with van der Waals surface area (Å²) in [5, 5.41) is 23.5. The highest BCUT2D eigenvalue weighted by Gasteiger charge is 2.34. The summed E-state index contributed by atoms with van der Waals surface area (Å²) in [5.74, 6) is 0.154. The summed E-state index contributed by atoms with van der Waals surface area (Å²) in [6, 6.07) is -0.750. The molecule has 94 valence electrons. The van der Waals surface area contributed by atoms with E-state index in [0.717, 1.165) is 24.8 Å². The number of nitrogens with two attached hydrogens (primary N) is 1. The number of nitrogens with zero attached hydrogens (tertiary/aromatic N) is 1. The van der Waals surface area contributed by atoms with E-state index in [9.17, 15) is 15.0 Å². The van der Waals surface area contributed by atoms with Gasteiger partial charge in [-0.3, -0.25) is 0 Å². The van der Waals surface area contributed by atoms with Gasteiger partial charge in [-0.1, -0.05) is 6.42 Å². The maximum atomic E-state index is 10.5. The van der Waals surface area contributed by atoms with E-state index in [1.54, 1.807) is 0 Å². The fourth-order valence-corrected chi connectivity index (χ4v) is 2.61. The minimum atomic E-state index is -0.750. The molecule has 0 saturated heterocycles. The first-order chi connectivity index (χ1) is 8.09. The molecule has 0 heterocycles. The number of rotatable bonds is 2. The first-order valence-corrected chi connectivity index (χ1v) is 5.82. The Morgan fingerprint density at radius 3 is 2.76 bits per heavy atom. The molecule has 6 nitrogen and oxygen atoms in total. The average Bonchev–Trinajstić information content (AvgIpc) is 2.82. The Balaban J connectivity index is 2.13. The van der Waals surface area contributed by atoms with Gasteiger partial charge < -0.3 is 15.9 Å². The SMILES string of the molecule is NC(=O)N/N=C1/CCC([C@@H]2CCC[C@@H]2O)=C1O. The molecule has 1 saturated carbocycles. The standard InChI is InChI=1S/C11H17N3O3/c12-11(17)14-13-8-5-4-7(10(8)16)6-2-1-3-9(6)15/h6,9,15-16H,1-5H2,(H3,12,14,17)/b13-8-/t6-,9-/m0/s1. The molecule has 1 fully saturated rings. The van der Waals surface area contributed by atoms with Crippen molar-refractivity contribution in [2.45, 2.75) is 38.2 Å². The molecule has 5 N–H and O–H groups in total. The Kier molecular flexibility index (Phi) is 3.33. The Bertz CT molecular complexity index is 389. The topological polar surface area (TPSA) is 108 Å². The number of urea groups is 1. The molecule has 2 atom stereocenters. The Hall–Kier alpha value is -1.56. The van der Waals surface area contributed by atoms with E-state index in [1.165, 1.54) is 0 Å². The second kappa shape index (κ2) is 4.75. The van der Waals surface area contributed by atoms with Gasteiger partial charge in [0.25, 0.3) is 0 Å². The lowest BCUT2D eigenvalue weighted by Gasteiger charge is -2.15. The molecule has 0 aromatic carbocycles. The zero-order valence-corrected chi connectivity index (χ0v) is 9.52. The molecule has 0 aromatic heterocycles. The molecular formula is C11H17N3O3. The van der Waals surface area contributed by atoms with Crippen LogP contribution in [0.4, 0.5) is 4.79 Å². The molecule has 0 unspecified atom stereocenters. The number of primary amides is 1. The predicted molar refractivity (Wildman–Crippen MR) is 62.4 cm³/mol. The maximum Gasteiger partial charge on any atom is 0.332 e. The Morgan fingerprint density at radius 1 is 1.41 bits per heavy atom. The van der Waals surface area contributed by atoms with Gasteiger partial charge in [0.2, 0.25) is 0 Å². The van der Waals surface area contributed by atoms with Crippen LogP contribution < -0.4 is 11.2 Å². The molecular weight excluding hydrogens is 222 g/mol. The zero-order valence-electron chi connectivity index (χ0n) is 9.52. The summed E-state index contributed by atoms with van der Waals surface area (Å²) in [4.78, 5) is 10.5. The molecule has 2 amide bonds. The largest absolute Gasteiger partial charge is 0.506 e. The van der Waals surface area contributed by atoms with E-state index >= 15 is 0 Å². The van der Waals surface area contributed by atoms with Crippen LogP contribution in [-0.2, 0) is 0 Å². The number of allylic oxidation sites excluding steroid dienone is 1. The van der Waals surface area contributed by atoms with Crippen LogP contribution in [0.5, 0.6) is 0 Å². The molecule has 2 aliphatic carbocycles. The van der Waals surface area contributed by atoms with Crippen LogP contribution in [0.2, 0.25) is 0 Å². The van der Waals surface area contributed by atoms with Gasteiger partial charge in [-0.15, -0.1) is 0 Å². The smallest absolute Gasteiger partial charge is 0.332 e. The maximum absolute atomic E-state index is 10.5. The van der Waals surface area contributed by atoms with Crippen LogP contribution >= 0.6 is 0 Å². The van der Waals surface area contributed by atoms with E-state index in [-0.39, 0.29) is 17.8 Å². The summed E-state index contributed by atoms with van der Waals surface area (Å²) in [5.41, 5.74) is 8.31. The molecule has 2 aliphatic rings. The second-order valence-electron chi connectivity index (χ2n) is 4.51. The lowest BCUT2D eigenvalue weighted by Crippen LogP contribution is -2.25. The van der Waals surface area contributed by atoms with Gasteiger partial charge in [0.15, 0.2) is 0 Å². The molecule has 0 aliphatic heterocycles. The zero-order chi connectivity index (χ0) is 12.4. The minimum absolute atomic E-state index is 0.0382. The van der Waals surface area contributed by atoms with Gasteiger partial charge in [0.05, 0.1) is 6.10 Å². The van der Waals surface area contributed by atoms with Crippen LogP contribution in [0.3, 0.4) is 0 Å². The van der Waals surface area contributed by atoms with Crippen molar-refractivity contribution in [3.8, 4) is 0 Å². The predicted octanol–water partition coefficient (Wildman–Crippen LogP) is 0.778. The van der Waals surface area contributed by atoms with Crippen molar-refractivity contribution in [1.29, 1.82) is 0 Å². The third-order valence-electron chi connectivity index (χ3n) is 3.44. The van der Waals surface area contributed by atoms with Crippen molar-refractivity contribution in [2.24, 2.45) is 16.8 Å². The first-order valence-electron chi connectivity index (χ1n) is 5.82. The summed E-state index contributed by atoms with van der Waals surface area (Å²) < 4.78 is 0. The number of hydrogen-bond acceptors (Lipinski definition) is 4. The van der Waals surface area contributed by atoms with E-state index < -0.39 is 6.03 Å². The lowest BCUT2D eigenvalue weighted by atomic mass is 9.94. The van der Waals surface area contributed by atoms with Crippen molar-refractivity contribution < 1.29 is 15.0 Å². The number of amides is 2.